The Bertz CT molecular complexity index is 352. The molecule has 0 radical (unpaired) electrons. The van der Waals surface area contributed by atoms with E-state index in [0.29, 0.717) is 5.13 Å². The molecule has 0 unspecified atom stereocenters. The largest absolute Gasteiger partial charge is 0.388 e. The van der Waals surface area contributed by atoms with Crippen molar-refractivity contribution in [2.45, 2.75) is 24.4 Å². The van der Waals surface area contributed by atoms with E-state index in [2.05, 4.69) is 14.7 Å². The summed E-state index contributed by atoms with van der Waals surface area (Å²) in [4.78, 5) is 3.95. The van der Waals surface area contributed by atoms with E-state index in [1.165, 1.54) is 17.9 Å². The minimum Gasteiger partial charge on any atom is -0.388 e. The fourth-order valence-electron chi connectivity index (χ4n) is 1.74. The van der Waals surface area contributed by atoms with Crippen LogP contribution in [0, 0.1) is 0 Å². The van der Waals surface area contributed by atoms with Crippen LogP contribution in [0.3, 0.4) is 0 Å². The first kappa shape index (κ1) is 13.6. The highest BCUT2D eigenvalue weighted by atomic mass is 32.1. The van der Waals surface area contributed by atoms with Crippen LogP contribution in [0.1, 0.15) is 0 Å². The van der Waals surface area contributed by atoms with Crippen LogP contribution in [0.4, 0.5) is 5.13 Å². The Balaban J connectivity index is 1.89. The number of nitrogens with zero attached hydrogens (tertiary/aromatic N) is 2. The minimum atomic E-state index is -1.03. The third-order valence-corrected chi connectivity index (χ3v) is 3.30. The molecule has 4 atom stereocenters. The molecule has 8 nitrogen and oxygen atoms in total. The highest BCUT2D eigenvalue weighted by Crippen LogP contribution is 2.20. The van der Waals surface area contributed by atoms with Crippen LogP contribution in [0.25, 0.3) is 0 Å². The summed E-state index contributed by atoms with van der Waals surface area (Å²) in [5.74, 6) is 0. The van der Waals surface area contributed by atoms with Crippen LogP contribution in [-0.4, -0.2) is 63.9 Å². The highest BCUT2D eigenvalue weighted by Gasteiger charge is 2.38. The normalized spacial score (nSPS) is 32.4. The van der Waals surface area contributed by atoms with Gasteiger partial charge in [0.15, 0.2) is 0 Å². The van der Waals surface area contributed by atoms with Gasteiger partial charge in [-0.2, -0.15) is 4.37 Å². The van der Waals surface area contributed by atoms with Gasteiger partial charge in [0, 0.05) is 11.5 Å². The van der Waals surface area contributed by atoms with Crippen LogP contribution >= 0.6 is 11.5 Å². The number of rotatable bonds is 5. The number of anilines is 1. The smallest absolute Gasteiger partial charge is 0.202 e. The van der Waals surface area contributed by atoms with Crippen molar-refractivity contribution in [1.82, 2.24) is 9.36 Å². The van der Waals surface area contributed by atoms with Crippen LogP contribution < -0.4 is 11.1 Å². The van der Waals surface area contributed by atoms with Gasteiger partial charge in [-0.1, -0.05) is 0 Å². The lowest BCUT2D eigenvalue weighted by atomic mass is 9.98. The quantitative estimate of drug-likeness (QED) is 0.473. The first-order chi connectivity index (χ1) is 8.72. The predicted molar refractivity (Wildman–Crippen MR) is 64.1 cm³/mol. The second-order valence-corrected chi connectivity index (χ2v) is 4.67. The number of hydrogen-bond donors (Lipinski definition) is 4. The summed E-state index contributed by atoms with van der Waals surface area (Å²) >= 11 is 1.17. The van der Waals surface area contributed by atoms with Crippen molar-refractivity contribution in [3.8, 4) is 0 Å². The Morgan fingerprint density at radius 2 is 2.39 bits per heavy atom. The zero-order valence-electron chi connectivity index (χ0n) is 9.60. The number of nitrogens with one attached hydrogen (secondary N) is 1. The minimum absolute atomic E-state index is 0.0507. The Labute approximate surface area is 108 Å². The Morgan fingerprint density at radius 1 is 1.56 bits per heavy atom. The van der Waals surface area contributed by atoms with E-state index < -0.39 is 24.4 Å². The molecular formula is C9H16N4O4S. The van der Waals surface area contributed by atoms with E-state index in [-0.39, 0.29) is 19.9 Å². The molecule has 1 fully saturated rings. The molecule has 1 aliphatic heterocycles. The highest BCUT2D eigenvalue weighted by molar-refractivity contribution is 7.09. The Kier molecular flexibility index (Phi) is 4.80. The molecule has 0 amide bonds. The van der Waals surface area contributed by atoms with Crippen molar-refractivity contribution in [1.29, 1.82) is 0 Å². The lowest BCUT2D eigenvalue weighted by Crippen LogP contribution is -2.57. The summed E-state index contributed by atoms with van der Waals surface area (Å²) in [5.41, 5.74) is 5.20. The molecule has 0 aromatic carbocycles. The predicted octanol–water partition coefficient (Wildman–Crippen LogP) is -1.63. The fourth-order valence-corrected chi connectivity index (χ4v) is 2.23. The Hall–Kier alpha value is -0.840. The molecule has 1 aliphatic rings. The van der Waals surface area contributed by atoms with Crippen LogP contribution in [-0.2, 0) is 9.47 Å². The summed E-state index contributed by atoms with van der Waals surface area (Å²) in [6.07, 6.45) is -1.15. The summed E-state index contributed by atoms with van der Waals surface area (Å²) in [6, 6.07) is -0.429. The topological polar surface area (TPSA) is 123 Å². The lowest BCUT2D eigenvalue weighted by Gasteiger charge is -2.37. The number of ether oxygens (including phenoxy) is 2. The van der Waals surface area contributed by atoms with Gasteiger partial charge >= 0.3 is 0 Å². The SMILES string of the molecule is NCOC[C@H]1OC[C@@H](Nc2ncns2)[C@@H](O)[C@H]1O. The fraction of sp³-hybridized carbons (Fsp3) is 0.778. The average molecular weight is 276 g/mol. The molecule has 0 spiro atoms. The zero-order chi connectivity index (χ0) is 13.0. The summed E-state index contributed by atoms with van der Waals surface area (Å²) < 4.78 is 14.2. The monoisotopic (exact) mass is 276 g/mol. The van der Waals surface area contributed by atoms with Gasteiger partial charge in [0.2, 0.25) is 5.13 Å². The van der Waals surface area contributed by atoms with E-state index in [9.17, 15) is 10.2 Å². The molecule has 102 valence electrons. The van der Waals surface area contributed by atoms with Gasteiger partial charge in [-0.15, -0.1) is 0 Å². The van der Waals surface area contributed by atoms with Crippen molar-refractivity contribution in [2.24, 2.45) is 5.73 Å². The molecule has 0 bridgehead atoms. The van der Waals surface area contributed by atoms with E-state index in [0.717, 1.165) is 0 Å². The molecule has 9 heteroatoms. The molecule has 0 saturated carbocycles. The number of hydrogen-bond acceptors (Lipinski definition) is 9. The number of aromatic nitrogens is 2. The summed E-state index contributed by atoms with van der Waals surface area (Å²) in [7, 11) is 0. The van der Waals surface area contributed by atoms with E-state index in [1.54, 1.807) is 0 Å². The molecule has 18 heavy (non-hydrogen) atoms. The molecule has 1 aromatic rings. The first-order valence-electron chi connectivity index (χ1n) is 5.51. The van der Waals surface area contributed by atoms with Crippen LogP contribution in [0.5, 0.6) is 0 Å². The lowest BCUT2D eigenvalue weighted by molar-refractivity contribution is -0.159. The third-order valence-electron chi connectivity index (χ3n) is 2.70. The standard InChI is InChI=1S/C9H16N4O4S/c10-3-16-2-6-8(15)7(14)5(1-17-6)13-9-11-4-12-18-9/h4-8,14-15H,1-3,10H2,(H,11,12,13)/t5-,6-,7-,8+/m1/s1. The maximum absolute atomic E-state index is 9.98. The molecule has 2 rings (SSSR count). The van der Waals surface area contributed by atoms with Gasteiger partial charge in [-0.05, 0) is 0 Å². The number of nitrogens with two attached hydrogens (primary N) is 1. The average Bonchev–Trinajstić information content (AvgIpc) is 2.87. The van der Waals surface area contributed by atoms with Crippen molar-refractivity contribution in [3.63, 3.8) is 0 Å². The van der Waals surface area contributed by atoms with Crippen molar-refractivity contribution in [2.75, 3.05) is 25.3 Å². The van der Waals surface area contributed by atoms with Gasteiger partial charge in [0.05, 0.1) is 26.0 Å². The maximum Gasteiger partial charge on any atom is 0.202 e. The zero-order valence-corrected chi connectivity index (χ0v) is 10.4. The molecule has 1 saturated heterocycles. The van der Waals surface area contributed by atoms with Gasteiger partial charge in [-0.25, -0.2) is 4.98 Å². The maximum atomic E-state index is 9.98. The second kappa shape index (κ2) is 6.36. The van der Waals surface area contributed by atoms with Crippen molar-refractivity contribution >= 4 is 16.7 Å². The first-order valence-corrected chi connectivity index (χ1v) is 6.28. The van der Waals surface area contributed by atoms with Crippen molar-refractivity contribution < 1.29 is 19.7 Å². The summed E-state index contributed by atoms with van der Waals surface area (Å²) in [6.45, 7) is 0.450. The number of aliphatic hydroxyl groups is 2. The van der Waals surface area contributed by atoms with E-state index in [4.69, 9.17) is 15.2 Å². The molecule has 5 N–H and O–H groups in total. The van der Waals surface area contributed by atoms with Crippen molar-refractivity contribution in [3.05, 3.63) is 6.33 Å². The van der Waals surface area contributed by atoms with Crippen LogP contribution in [0.15, 0.2) is 6.33 Å². The van der Waals surface area contributed by atoms with Gasteiger partial charge in [-0.3, -0.25) is 0 Å². The number of aliphatic hydroxyl groups excluding tert-OH is 2. The third kappa shape index (κ3) is 3.13. The molecule has 0 aliphatic carbocycles. The van der Waals surface area contributed by atoms with Gasteiger partial charge in [0.1, 0.15) is 24.6 Å². The second-order valence-electron chi connectivity index (χ2n) is 3.89. The van der Waals surface area contributed by atoms with Crippen LogP contribution in [0.2, 0.25) is 0 Å². The molecule has 1 aromatic heterocycles. The van der Waals surface area contributed by atoms with E-state index >= 15 is 0 Å². The molecule has 2 heterocycles. The summed E-state index contributed by atoms with van der Waals surface area (Å²) in [5, 5.41) is 23.4. The van der Waals surface area contributed by atoms with E-state index in [1.807, 2.05) is 0 Å². The van der Waals surface area contributed by atoms with Gasteiger partial charge in [0.25, 0.3) is 0 Å². The molecular weight excluding hydrogens is 260 g/mol. The van der Waals surface area contributed by atoms with Gasteiger partial charge < -0.3 is 30.7 Å². The Morgan fingerprint density at radius 3 is 3.06 bits per heavy atom.